The van der Waals surface area contributed by atoms with Gasteiger partial charge in [0.05, 0.1) is 16.1 Å². The minimum absolute atomic E-state index is 0.00374. The Balaban J connectivity index is 1.64. The minimum Gasteiger partial charge on any atom is -0.369 e. The lowest BCUT2D eigenvalue weighted by Crippen LogP contribution is -2.40. The maximum absolute atomic E-state index is 14.5. The smallest absolute Gasteiger partial charge is 0.243 e. The summed E-state index contributed by atoms with van der Waals surface area (Å²) in [5, 5.41) is 3.35. The maximum Gasteiger partial charge on any atom is 0.243 e. The molecule has 8 heteroatoms. The fourth-order valence-corrected chi connectivity index (χ4v) is 7.00. The Kier molecular flexibility index (Phi) is 8.18. The van der Waals surface area contributed by atoms with Gasteiger partial charge in [0.15, 0.2) is 0 Å². The summed E-state index contributed by atoms with van der Waals surface area (Å²) >= 11 is 8.24. The number of thioether (sulfide) groups is 1. The molecule has 0 bridgehead atoms. The van der Waals surface area contributed by atoms with E-state index in [0.717, 1.165) is 55.6 Å². The standard InChI is InChI=1S/C28H33ClFN3O2S/c1-35-26(19-7-3-2-4-8-19)27-32-23-17-22(30)21(29)16-24(23)33(27)25(15-18-11-13-36-14-12-18)28(34)31-20-9-5-6-10-20/h2-4,7-8,16-18,20,25-26H,5-6,9-15H2,1H3,(H,31,34). The first kappa shape index (κ1) is 25.6. The number of benzene rings is 2. The number of carbonyl (C=O) groups is 1. The monoisotopic (exact) mass is 529 g/mol. The van der Waals surface area contributed by atoms with E-state index in [-0.39, 0.29) is 17.0 Å². The van der Waals surface area contributed by atoms with Crippen molar-refractivity contribution in [1.82, 2.24) is 14.9 Å². The number of ether oxygens (including phenoxy) is 1. The minimum atomic E-state index is -0.523. The topological polar surface area (TPSA) is 56.2 Å². The van der Waals surface area contributed by atoms with Gasteiger partial charge in [-0.1, -0.05) is 54.8 Å². The number of nitrogens with one attached hydrogen (secondary N) is 1. The molecule has 1 N–H and O–H groups in total. The maximum atomic E-state index is 14.5. The molecule has 2 unspecified atom stereocenters. The summed E-state index contributed by atoms with van der Waals surface area (Å²) in [6.07, 6.45) is 6.67. The zero-order valence-corrected chi connectivity index (χ0v) is 22.2. The Bertz CT molecular complexity index is 1190. The second kappa shape index (κ2) is 11.5. The van der Waals surface area contributed by atoms with E-state index in [1.54, 1.807) is 13.2 Å². The molecule has 2 aliphatic rings. The van der Waals surface area contributed by atoms with Gasteiger partial charge in [0.25, 0.3) is 0 Å². The van der Waals surface area contributed by atoms with Gasteiger partial charge in [-0.15, -0.1) is 0 Å². The first-order valence-electron chi connectivity index (χ1n) is 12.9. The molecule has 5 rings (SSSR count). The molecule has 1 aliphatic carbocycles. The normalized spacial score (nSPS) is 19.0. The van der Waals surface area contributed by atoms with Gasteiger partial charge in [-0.3, -0.25) is 4.79 Å². The van der Waals surface area contributed by atoms with Crippen LogP contribution in [-0.2, 0) is 9.53 Å². The van der Waals surface area contributed by atoms with Crippen molar-refractivity contribution in [3.05, 3.63) is 64.7 Å². The van der Waals surface area contributed by atoms with E-state index in [9.17, 15) is 9.18 Å². The second-order valence-corrected chi connectivity index (χ2v) is 11.6. The molecule has 0 spiro atoms. The lowest BCUT2D eigenvalue weighted by atomic mass is 9.93. The van der Waals surface area contributed by atoms with E-state index >= 15 is 0 Å². The van der Waals surface area contributed by atoms with E-state index in [2.05, 4.69) is 5.32 Å². The average Bonchev–Trinajstić information content (AvgIpc) is 3.53. The van der Waals surface area contributed by atoms with Crippen LogP contribution in [0, 0.1) is 11.7 Å². The van der Waals surface area contributed by atoms with Crippen molar-refractivity contribution in [3.63, 3.8) is 0 Å². The summed E-state index contributed by atoms with van der Waals surface area (Å²) in [5.41, 5.74) is 2.06. The van der Waals surface area contributed by atoms with Crippen LogP contribution in [0.2, 0.25) is 5.02 Å². The van der Waals surface area contributed by atoms with Gasteiger partial charge in [-0.05, 0) is 61.2 Å². The summed E-state index contributed by atoms with van der Waals surface area (Å²) in [7, 11) is 1.64. The summed E-state index contributed by atoms with van der Waals surface area (Å²) in [4.78, 5) is 18.8. The highest BCUT2D eigenvalue weighted by Gasteiger charge is 2.34. The molecule has 2 atom stereocenters. The number of hydrogen-bond acceptors (Lipinski definition) is 4. The number of amides is 1. The number of carbonyl (C=O) groups excluding carboxylic acids is 1. The van der Waals surface area contributed by atoms with Crippen molar-refractivity contribution in [2.75, 3.05) is 18.6 Å². The van der Waals surface area contributed by atoms with Crippen molar-refractivity contribution in [1.29, 1.82) is 0 Å². The van der Waals surface area contributed by atoms with Gasteiger partial charge in [-0.25, -0.2) is 9.37 Å². The van der Waals surface area contributed by atoms with Crippen LogP contribution in [0.1, 0.15) is 68.5 Å². The number of fused-ring (bicyclic) bond motifs is 1. The van der Waals surface area contributed by atoms with Gasteiger partial charge >= 0.3 is 0 Å². The number of hydrogen-bond donors (Lipinski definition) is 1. The van der Waals surface area contributed by atoms with Crippen LogP contribution in [0.25, 0.3) is 11.0 Å². The van der Waals surface area contributed by atoms with Gasteiger partial charge in [0, 0.05) is 19.2 Å². The largest absolute Gasteiger partial charge is 0.369 e. The lowest BCUT2D eigenvalue weighted by molar-refractivity contribution is -0.125. The van der Waals surface area contributed by atoms with E-state index < -0.39 is 18.0 Å². The second-order valence-electron chi connectivity index (χ2n) is 9.92. The molecule has 2 fully saturated rings. The molecule has 1 aliphatic heterocycles. The highest BCUT2D eigenvalue weighted by Crippen LogP contribution is 2.37. The van der Waals surface area contributed by atoms with E-state index in [4.69, 9.17) is 21.3 Å². The van der Waals surface area contributed by atoms with E-state index in [1.165, 1.54) is 6.07 Å². The van der Waals surface area contributed by atoms with Gasteiger partial charge in [0.2, 0.25) is 5.91 Å². The number of methoxy groups -OCH3 is 1. The van der Waals surface area contributed by atoms with Crippen LogP contribution < -0.4 is 5.32 Å². The molecule has 1 amide bonds. The van der Waals surface area contributed by atoms with Gasteiger partial charge < -0.3 is 14.6 Å². The first-order chi connectivity index (χ1) is 17.5. The predicted octanol–water partition coefficient (Wildman–Crippen LogP) is 6.70. The summed E-state index contributed by atoms with van der Waals surface area (Å²) < 4.78 is 22.4. The molecule has 5 nitrogen and oxygen atoms in total. The number of nitrogens with zero attached hydrogens (tertiary/aromatic N) is 2. The van der Waals surface area contributed by atoms with E-state index in [1.807, 2.05) is 46.7 Å². The highest BCUT2D eigenvalue weighted by atomic mass is 35.5. The molecule has 0 radical (unpaired) electrons. The molecule has 1 saturated heterocycles. The molecular weight excluding hydrogens is 497 g/mol. The number of halogens is 2. The number of rotatable bonds is 8. The molecule has 3 aromatic rings. The summed E-state index contributed by atoms with van der Waals surface area (Å²) in [5.74, 6) is 2.73. The molecule has 192 valence electrons. The fourth-order valence-electron chi connectivity index (χ4n) is 5.63. The van der Waals surface area contributed by atoms with Crippen LogP contribution in [0.5, 0.6) is 0 Å². The quantitative estimate of drug-likeness (QED) is 0.353. The lowest BCUT2D eigenvalue weighted by Gasteiger charge is -2.30. The van der Waals surface area contributed by atoms with Gasteiger partial charge in [0.1, 0.15) is 23.8 Å². The summed E-state index contributed by atoms with van der Waals surface area (Å²) in [6.45, 7) is 0. The van der Waals surface area contributed by atoms with Crippen LogP contribution in [0.15, 0.2) is 42.5 Å². The molecule has 2 aromatic carbocycles. The Morgan fingerprint density at radius 2 is 1.92 bits per heavy atom. The zero-order chi connectivity index (χ0) is 25.1. The molecule has 1 saturated carbocycles. The Hall–Kier alpha value is -2.09. The summed E-state index contributed by atoms with van der Waals surface area (Å²) in [6, 6.07) is 12.5. The zero-order valence-electron chi connectivity index (χ0n) is 20.6. The van der Waals surface area contributed by atoms with Crippen molar-refractivity contribution < 1.29 is 13.9 Å². The molecule has 36 heavy (non-hydrogen) atoms. The average molecular weight is 530 g/mol. The molecular formula is C28H33ClFN3O2S. The van der Waals surface area contributed by atoms with Gasteiger partial charge in [-0.2, -0.15) is 11.8 Å². The van der Waals surface area contributed by atoms with E-state index in [0.29, 0.717) is 29.2 Å². The van der Waals surface area contributed by atoms with Crippen LogP contribution >= 0.6 is 23.4 Å². The first-order valence-corrected chi connectivity index (χ1v) is 14.4. The number of aromatic nitrogens is 2. The third-order valence-electron chi connectivity index (χ3n) is 7.54. The van der Waals surface area contributed by atoms with Crippen LogP contribution in [-0.4, -0.2) is 40.1 Å². The molecule has 1 aromatic heterocycles. The van der Waals surface area contributed by atoms with Crippen molar-refractivity contribution >= 4 is 40.3 Å². The molecule has 2 heterocycles. The number of imidazole rings is 1. The third kappa shape index (κ3) is 5.43. The Morgan fingerprint density at radius 3 is 2.61 bits per heavy atom. The third-order valence-corrected chi connectivity index (χ3v) is 8.88. The predicted molar refractivity (Wildman–Crippen MR) is 144 cm³/mol. The van der Waals surface area contributed by atoms with Crippen LogP contribution in [0.4, 0.5) is 4.39 Å². The van der Waals surface area contributed by atoms with Crippen LogP contribution in [0.3, 0.4) is 0 Å². The SMILES string of the molecule is COC(c1ccccc1)c1nc2cc(F)c(Cl)cc2n1C(CC1CCSCC1)C(=O)NC1CCCC1. The Morgan fingerprint density at radius 1 is 1.19 bits per heavy atom. The highest BCUT2D eigenvalue weighted by molar-refractivity contribution is 7.99. The van der Waals surface area contributed by atoms with Crippen molar-refractivity contribution in [3.8, 4) is 0 Å². The van der Waals surface area contributed by atoms with Crippen molar-refractivity contribution in [2.24, 2.45) is 5.92 Å². The fraction of sp³-hybridized carbons (Fsp3) is 0.500. The van der Waals surface area contributed by atoms with Crippen molar-refractivity contribution in [2.45, 2.75) is 63.1 Å². The Labute approximate surface area is 221 Å².